The number of carbonyl (C=O) groups excluding carboxylic acids is 1. The molecule has 1 amide bonds. The van der Waals surface area contributed by atoms with Crippen LogP contribution in [0, 0.1) is 0 Å². The largest absolute Gasteiger partial charge is 0.326 e. The second-order valence-corrected chi connectivity index (χ2v) is 8.17. The number of carbonyl (C=O) groups is 1. The monoisotopic (exact) mass is 387 g/mol. The molecule has 0 aromatic heterocycles. The summed E-state index contributed by atoms with van der Waals surface area (Å²) in [6, 6.07) is 5.93. The first kappa shape index (κ1) is 21.9. The molecule has 0 saturated heterocycles. The minimum atomic E-state index is -3.85. The Morgan fingerprint density at radius 3 is 2.24 bits per heavy atom. The maximum Gasteiger partial charge on any atom is 0.272 e. The minimum absolute atomic E-state index is 0.0385. The Balaban J connectivity index is 2.24. The van der Waals surface area contributed by atoms with E-state index in [0.717, 1.165) is 19.3 Å². The lowest BCUT2D eigenvalue weighted by Gasteiger charge is -2.07. The number of benzene rings is 1. The first-order valence-electron chi connectivity index (χ1n) is 8.98. The Bertz CT molecular complexity index is 621. The van der Waals surface area contributed by atoms with Crippen LogP contribution in [-0.4, -0.2) is 14.3 Å². The molecule has 1 aromatic rings. The second kappa shape index (κ2) is 12.3. The number of hydrogen-bond donors (Lipinski definition) is 1. The smallest absolute Gasteiger partial charge is 0.272 e. The Labute approximate surface area is 156 Å². The Morgan fingerprint density at radius 2 is 1.64 bits per heavy atom. The molecule has 0 atom stereocenters. The van der Waals surface area contributed by atoms with Gasteiger partial charge in [-0.2, -0.15) is 0 Å². The van der Waals surface area contributed by atoms with Gasteiger partial charge < -0.3 is 5.32 Å². The summed E-state index contributed by atoms with van der Waals surface area (Å²) in [4.78, 5) is 11.9. The van der Waals surface area contributed by atoms with Gasteiger partial charge in [0.2, 0.25) is 5.91 Å². The van der Waals surface area contributed by atoms with Gasteiger partial charge in [-0.05, 0) is 28.9 Å². The third kappa shape index (κ3) is 9.23. The predicted octanol–water partition coefficient (Wildman–Crippen LogP) is 4.99. The summed E-state index contributed by atoms with van der Waals surface area (Å²) >= 11 is 5.08. The van der Waals surface area contributed by atoms with Crippen LogP contribution in [0.4, 0.5) is 5.69 Å². The lowest BCUT2D eigenvalue weighted by Crippen LogP contribution is -2.12. The van der Waals surface area contributed by atoms with Crippen molar-refractivity contribution in [2.24, 2.45) is 0 Å². The van der Waals surface area contributed by atoms with Gasteiger partial charge in [-0.3, -0.25) is 4.79 Å². The fourth-order valence-corrected chi connectivity index (χ4v) is 3.44. The van der Waals surface area contributed by atoms with Crippen LogP contribution in [0.5, 0.6) is 0 Å². The highest BCUT2D eigenvalue weighted by Gasteiger charge is 2.15. The fourth-order valence-electron chi connectivity index (χ4n) is 2.59. The molecule has 0 bridgehead atoms. The summed E-state index contributed by atoms with van der Waals surface area (Å²) in [5.74, 6) is -0.111. The van der Waals surface area contributed by atoms with E-state index in [1.54, 1.807) is 12.1 Å². The lowest BCUT2D eigenvalue weighted by atomic mass is 10.1. The van der Waals surface area contributed by atoms with Crippen molar-refractivity contribution >= 4 is 33.4 Å². The quantitative estimate of drug-likeness (QED) is 0.484. The molecule has 0 aliphatic rings. The van der Waals surface area contributed by atoms with Gasteiger partial charge in [0.25, 0.3) is 10.0 Å². The molecule has 0 fully saturated rings. The molecule has 1 radical (unpaired) electrons. The van der Waals surface area contributed by atoms with Gasteiger partial charge >= 0.3 is 0 Å². The standard InChI is InChI=1S/C18H28ClN2O3S/c1-2-3-4-5-6-7-8-9-10-14-18(22)20-16-12-11-13-17(15-16)25(23,24)21-19/h11-13,15H,2-10,14H2,1H3,(H,20,22). The molecule has 1 rings (SSSR count). The maximum absolute atomic E-state index is 11.9. The number of sulfonamides is 1. The molecule has 1 N–H and O–H groups in total. The van der Waals surface area contributed by atoms with Crippen molar-refractivity contribution in [2.75, 3.05) is 5.32 Å². The van der Waals surface area contributed by atoms with Crippen LogP contribution >= 0.6 is 11.8 Å². The molecular formula is C18H28ClN2O3S. The lowest BCUT2D eigenvalue weighted by molar-refractivity contribution is -0.116. The van der Waals surface area contributed by atoms with Crippen LogP contribution in [0.25, 0.3) is 0 Å². The van der Waals surface area contributed by atoms with Crippen molar-refractivity contribution < 1.29 is 13.2 Å². The Morgan fingerprint density at radius 1 is 1.04 bits per heavy atom. The predicted molar refractivity (Wildman–Crippen MR) is 102 cm³/mol. The van der Waals surface area contributed by atoms with Crippen LogP contribution in [-0.2, 0) is 14.8 Å². The molecule has 0 aliphatic heterocycles. The number of nitrogens with one attached hydrogen (secondary N) is 1. The van der Waals surface area contributed by atoms with Crippen LogP contribution in [0.1, 0.15) is 71.1 Å². The zero-order chi connectivity index (χ0) is 18.5. The van der Waals surface area contributed by atoms with E-state index in [1.807, 2.05) is 0 Å². The molecule has 1 aromatic carbocycles. The van der Waals surface area contributed by atoms with Gasteiger partial charge in [-0.25, -0.2) is 8.42 Å². The zero-order valence-corrected chi connectivity index (χ0v) is 16.4. The van der Waals surface area contributed by atoms with Crippen LogP contribution in [0.2, 0.25) is 0 Å². The molecule has 0 aliphatic carbocycles. The summed E-state index contributed by atoms with van der Waals surface area (Å²) in [5.41, 5.74) is 0.433. The average molecular weight is 388 g/mol. The first-order chi connectivity index (χ1) is 12.0. The van der Waals surface area contributed by atoms with Gasteiger partial charge in [0, 0.05) is 23.9 Å². The van der Waals surface area contributed by atoms with Gasteiger partial charge in [-0.15, -0.1) is 0 Å². The third-order valence-electron chi connectivity index (χ3n) is 4.01. The highest BCUT2D eigenvalue weighted by Crippen LogP contribution is 2.17. The average Bonchev–Trinajstić information content (AvgIpc) is 2.60. The highest BCUT2D eigenvalue weighted by molar-refractivity contribution is 7.90. The van der Waals surface area contributed by atoms with Crippen molar-refractivity contribution in [3.63, 3.8) is 0 Å². The molecule has 25 heavy (non-hydrogen) atoms. The van der Waals surface area contributed by atoms with E-state index in [2.05, 4.69) is 16.5 Å². The van der Waals surface area contributed by atoms with Crippen LogP contribution < -0.4 is 9.56 Å². The van der Waals surface area contributed by atoms with Crippen molar-refractivity contribution in [1.29, 1.82) is 0 Å². The molecule has 5 nitrogen and oxygen atoms in total. The number of anilines is 1. The third-order valence-corrected chi connectivity index (χ3v) is 5.59. The van der Waals surface area contributed by atoms with Gasteiger partial charge in [0.1, 0.15) is 0 Å². The summed E-state index contributed by atoms with van der Waals surface area (Å²) in [6.07, 6.45) is 11.2. The van der Waals surface area contributed by atoms with Gasteiger partial charge in [0.05, 0.1) is 4.90 Å². The minimum Gasteiger partial charge on any atom is -0.326 e. The Hall–Kier alpha value is -1.11. The summed E-state index contributed by atoms with van der Waals surface area (Å²) in [6.45, 7) is 2.22. The normalized spacial score (nSPS) is 11.4. The number of halogens is 1. The van der Waals surface area contributed by atoms with Crippen molar-refractivity contribution in [1.82, 2.24) is 4.24 Å². The van der Waals surface area contributed by atoms with E-state index >= 15 is 0 Å². The van der Waals surface area contributed by atoms with Crippen LogP contribution in [0.3, 0.4) is 0 Å². The fraction of sp³-hybridized carbons (Fsp3) is 0.611. The van der Waals surface area contributed by atoms with E-state index in [4.69, 9.17) is 11.8 Å². The topological polar surface area (TPSA) is 77.3 Å². The van der Waals surface area contributed by atoms with Crippen molar-refractivity contribution in [3.8, 4) is 0 Å². The second-order valence-electron chi connectivity index (χ2n) is 6.20. The number of nitrogens with zero attached hydrogens (tertiary/aromatic N) is 1. The summed E-state index contributed by atoms with van der Waals surface area (Å²) in [5, 5.41) is 2.72. The molecule has 141 valence electrons. The summed E-state index contributed by atoms with van der Waals surface area (Å²) < 4.78 is 26.0. The maximum atomic E-state index is 11.9. The van der Waals surface area contributed by atoms with E-state index in [1.165, 1.54) is 50.7 Å². The molecule has 0 saturated carbocycles. The number of amides is 1. The molecule has 0 unspecified atom stereocenters. The van der Waals surface area contributed by atoms with Crippen molar-refractivity contribution in [2.45, 2.75) is 76.0 Å². The number of hydrogen-bond acceptors (Lipinski definition) is 3. The number of unbranched alkanes of at least 4 members (excludes halogenated alkanes) is 8. The SMILES string of the molecule is CCCCCCCCCCCC(=O)Nc1cccc(S(=O)(=O)[N]Cl)c1. The molecular weight excluding hydrogens is 360 g/mol. The van der Waals surface area contributed by atoms with E-state index in [0.29, 0.717) is 12.1 Å². The first-order valence-corrected chi connectivity index (χ1v) is 10.8. The molecule has 0 spiro atoms. The van der Waals surface area contributed by atoms with E-state index < -0.39 is 10.0 Å². The number of rotatable bonds is 13. The zero-order valence-electron chi connectivity index (χ0n) is 14.8. The van der Waals surface area contributed by atoms with E-state index in [9.17, 15) is 13.2 Å². The van der Waals surface area contributed by atoms with Crippen molar-refractivity contribution in [3.05, 3.63) is 24.3 Å². The Kier molecular flexibility index (Phi) is 10.8. The van der Waals surface area contributed by atoms with E-state index in [-0.39, 0.29) is 10.8 Å². The molecule has 7 heteroatoms. The highest BCUT2D eigenvalue weighted by atomic mass is 35.5. The van der Waals surface area contributed by atoms with Gasteiger partial charge in [0.15, 0.2) is 0 Å². The van der Waals surface area contributed by atoms with Gasteiger partial charge in [-0.1, -0.05) is 64.4 Å². The molecule has 0 heterocycles. The summed E-state index contributed by atoms with van der Waals surface area (Å²) in [7, 11) is -3.85. The van der Waals surface area contributed by atoms with Crippen LogP contribution in [0.15, 0.2) is 29.2 Å².